The molecule has 0 aliphatic heterocycles. The van der Waals surface area contributed by atoms with Gasteiger partial charge in [-0.1, -0.05) is 19.3 Å². The molecule has 0 atom stereocenters. The van der Waals surface area contributed by atoms with Gasteiger partial charge in [0.1, 0.15) is 5.56 Å². The fourth-order valence-corrected chi connectivity index (χ4v) is 2.26. The lowest BCUT2D eigenvalue weighted by Crippen LogP contribution is -2.38. The topological polar surface area (TPSA) is 62.0 Å². The summed E-state index contributed by atoms with van der Waals surface area (Å²) in [5, 5.41) is 2.94. The van der Waals surface area contributed by atoms with Crippen LogP contribution < -0.4 is 10.7 Å². The Morgan fingerprint density at radius 2 is 2.06 bits per heavy atom. The van der Waals surface area contributed by atoms with Crippen molar-refractivity contribution in [3.63, 3.8) is 0 Å². The molecule has 1 aliphatic carbocycles. The number of carbonyl (C=O) groups excluding carboxylic acids is 1. The summed E-state index contributed by atoms with van der Waals surface area (Å²) >= 11 is 0. The molecule has 1 aromatic heterocycles. The summed E-state index contributed by atoms with van der Waals surface area (Å²) in [5.74, 6) is -0.252. The molecule has 0 aromatic carbocycles. The third-order valence-corrected chi connectivity index (χ3v) is 3.24. The van der Waals surface area contributed by atoms with E-state index in [0.717, 1.165) is 31.4 Å². The lowest BCUT2D eigenvalue weighted by molar-refractivity contribution is 0.0926. The first-order valence-electron chi connectivity index (χ1n) is 6.17. The van der Waals surface area contributed by atoms with Crippen molar-refractivity contribution in [2.24, 2.45) is 0 Å². The van der Waals surface area contributed by atoms with Gasteiger partial charge in [-0.3, -0.25) is 9.59 Å². The van der Waals surface area contributed by atoms with Crippen molar-refractivity contribution in [1.29, 1.82) is 0 Å². The van der Waals surface area contributed by atoms with Crippen LogP contribution in [0.1, 0.15) is 48.2 Å². The van der Waals surface area contributed by atoms with Crippen LogP contribution in [0.2, 0.25) is 0 Å². The lowest BCUT2D eigenvalue weighted by atomic mass is 9.95. The van der Waals surface area contributed by atoms with Gasteiger partial charge in [0.2, 0.25) is 0 Å². The Labute approximate surface area is 100 Å². The highest BCUT2D eigenvalue weighted by Gasteiger charge is 2.18. The van der Waals surface area contributed by atoms with Crippen molar-refractivity contribution in [3.8, 4) is 0 Å². The zero-order valence-electron chi connectivity index (χ0n) is 10.1. The predicted molar refractivity (Wildman–Crippen MR) is 66.1 cm³/mol. The molecule has 1 aromatic rings. The summed E-state index contributed by atoms with van der Waals surface area (Å²) in [7, 11) is 0. The molecule has 1 saturated carbocycles. The van der Waals surface area contributed by atoms with Gasteiger partial charge in [0.05, 0.1) is 0 Å². The zero-order valence-corrected chi connectivity index (χ0v) is 10.1. The molecule has 1 heterocycles. The molecular weight excluding hydrogens is 216 g/mol. The van der Waals surface area contributed by atoms with Gasteiger partial charge < -0.3 is 10.3 Å². The molecule has 92 valence electrons. The highest BCUT2D eigenvalue weighted by Crippen LogP contribution is 2.17. The fourth-order valence-electron chi connectivity index (χ4n) is 2.26. The lowest BCUT2D eigenvalue weighted by Gasteiger charge is -2.22. The standard InChI is InChI=1S/C13H18N2O2/c1-9-7-12(16)11(8-14-9)13(17)15-10-5-3-2-4-6-10/h7-8,10H,2-6H2,1H3,(H,14,16)(H,15,17). The summed E-state index contributed by atoms with van der Waals surface area (Å²) in [6, 6.07) is 1.69. The third kappa shape index (κ3) is 2.96. The molecule has 1 aliphatic rings. The first-order valence-corrected chi connectivity index (χ1v) is 6.17. The van der Waals surface area contributed by atoms with Crippen LogP contribution in [0.15, 0.2) is 17.1 Å². The normalized spacial score (nSPS) is 16.8. The van der Waals surface area contributed by atoms with Gasteiger partial charge in [-0.2, -0.15) is 0 Å². The number of aryl methyl sites for hydroxylation is 1. The van der Waals surface area contributed by atoms with Crippen LogP contribution in [0.25, 0.3) is 0 Å². The minimum atomic E-state index is -0.252. The quantitative estimate of drug-likeness (QED) is 0.818. The summed E-state index contributed by atoms with van der Waals surface area (Å²) in [6.07, 6.45) is 7.11. The third-order valence-electron chi connectivity index (χ3n) is 3.24. The Bertz CT molecular complexity index is 459. The summed E-state index contributed by atoms with van der Waals surface area (Å²) in [4.78, 5) is 26.5. The van der Waals surface area contributed by atoms with Gasteiger partial charge in [-0.05, 0) is 19.8 Å². The first kappa shape index (κ1) is 11.9. The summed E-state index contributed by atoms with van der Waals surface area (Å²) in [6.45, 7) is 1.80. The van der Waals surface area contributed by atoms with Gasteiger partial charge in [0.25, 0.3) is 5.91 Å². The molecule has 1 fully saturated rings. The highest BCUT2D eigenvalue weighted by molar-refractivity contribution is 5.93. The average molecular weight is 234 g/mol. The Morgan fingerprint density at radius 1 is 1.35 bits per heavy atom. The molecule has 4 nitrogen and oxygen atoms in total. The maximum atomic E-state index is 11.9. The van der Waals surface area contributed by atoms with E-state index >= 15 is 0 Å². The van der Waals surface area contributed by atoms with Crippen molar-refractivity contribution < 1.29 is 4.79 Å². The van der Waals surface area contributed by atoms with Crippen LogP contribution >= 0.6 is 0 Å². The van der Waals surface area contributed by atoms with Crippen molar-refractivity contribution in [3.05, 3.63) is 33.7 Å². The second kappa shape index (κ2) is 5.17. The van der Waals surface area contributed by atoms with Crippen molar-refractivity contribution in [2.75, 3.05) is 0 Å². The van der Waals surface area contributed by atoms with E-state index in [1.807, 2.05) is 0 Å². The molecule has 0 unspecified atom stereocenters. The van der Waals surface area contributed by atoms with E-state index in [2.05, 4.69) is 10.3 Å². The average Bonchev–Trinajstić information content (AvgIpc) is 2.30. The molecule has 1 amide bonds. The Hall–Kier alpha value is -1.58. The molecule has 0 bridgehead atoms. The smallest absolute Gasteiger partial charge is 0.256 e. The minimum absolute atomic E-state index is 0.209. The van der Waals surface area contributed by atoms with E-state index in [4.69, 9.17) is 0 Å². The van der Waals surface area contributed by atoms with Crippen molar-refractivity contribution in [2.45, 2.75) is 45.1 Å². The van der Waals surface area contributed by atoms with E-state index in [9.17, 15) is 9.59 Å². The van der Waals surface area contributed by atoms with Crippen LogP contribution in [0.4, 0.5) is 0 Å². The van der Waals surface area contributed by atoms with E-state index in [0.29, 0.717) is 0 Å². The fraction of sp³-hybridized carbons (Fsp3) is 0.538. The molecule has 0 saturated heterocycles. The highest BCUT2D eigenvalue weighted by atomic mass is 16.2. The summed E-state index contributed by atoms with van der Waals surface area (Å²) in [5.41, 5.74) is 0.764. The number of aromatic amines is 1. The molecule has 2 rings (SSSR count). The Balaban J connectivity index is 2.06. The maximum absolute atomic E-state index is 11.9. The van der Waals surface area contributed by atoms with E-state index in [-0.39, 0.29) is 22.9 Å². The monoisotopic (exact) mass is 234 g/mol. The summed E-state index contributed by atoms with van der Waals surface area (Å²) < 4.78 is 0. The van der Waals surface area contributed by atoms with Crippen LogP contribution in [0, 0.1) is 6.92 Å². The van der Waals surface area contributed by atoms with Crippen LogP contribution in [0.5, 0.6) is 0 Å². The molecule has 4 heteroatoms. The van der Waals surface area contributed by atoms with Gasteiger partial charge in [-0.25, -0.2) is 0 Å². The number of hydrogen-bond donors (Lipinski definition) is 2. The Morgan fingerprint density at radius 3 is 2.71 bits per heavy atom. The van der Waals surface area contributed by atoms with Gasteiger partial charge in [0.15, 0.2) is 5.43 Å². The van der Waals surface area contributed by atoms with E-state index < -0.39 is 0 Å². The zero-order chi connectivity index (χ0) is 12.3. The van der Waals surface area contributed by atoms with E-state index in [1.165, 1.54) is 18.7 Å². The number of aromatic nitrogens is 1. The number of pyridine rings is 1. The van der Waals surface area contributed by atoms with Crippen LogP contribution in [-0.2, 0) is 0 Å². The second-order valence-corrected chi connectivity index (χ2v) is 4.70. The predicted octanol–water partition coefficient (Wildman–Crippen LogP) is 1.75. The van der Waals surface area contributed by atoms with Gasteiger partial charge >= 0.3 is 0 Å². The number of carbonyl (C=O) groups is 1. The van der Waals surface area contributed by atoms with Gasteiger partial charge in [-0.15, -0.1) is 0 Å². The number of rotatable bonds is 2. The number of nitrogens with one attached hydrogen (secondary N) is 2. The number of H-pyrrole nitrogens is 1. The second-order valence-electron chi connectivity index (χ2n) is 4.70. The van der Waals surface area contributed by atoms with Crippen molar-refractivity contribution in [1.82, 2.24) is 10.3 Å². The molecule has 0 radical (unpaired) electrons. The molecule has 0 spiro atoms. The Kier molecular flexibility index (Phi) is 3.61. The molecule has 2 N–H and O–H groups in total. The molecule has 17 heavy (non-hydrogen) atoms. The number of hydrogen-bond acceptors (Lipinski definition) is 2. The van der Waals surface area contributed by atoms with E-state index in [1.54, 1.807) is 6.92 Å². The molecular formula is C13H18N2O2. The van der Waals surface area contributed by atoms with Gasteiger partial charge in [0, 0.05) is 24.0 Å². The van der Waals surface area contributed by atoms with Crippen molar-refractivity contribution >= 4 is 5.91 Å². The first-order chi connectivity index (χ1) is 8.16. The number of amides is 1. The van der Waals surface area contributed by atoms with Crippen LogP contribution in [-0.4, -0.2) is 16.9 Å². The largest absolute Gasteiger partial charge is 0.364 e. The maximum Gasteiger partial charge on any atom is 0.256 e. The minimum Gasteiger partial charge on any atom is -0.364 e. The SMILES string of the molecule is Cc1cc(=O)c(C(=O)NC2CCCCC2)c[nH]1. The van der Waals surface area contributed by atoms with Crippen LogP contribution in [0.3, 0.4) is 0 Å².